The number of halogens is 3. The fourth-order valence-electron chi connectivity index (χ4n) is 4.90. The molecule has 0 bridgehead atoms. The van der Waals surface area contributed by atoms with Crippen LogP contribution >= 0.6 is 0 Å². The van der Waals surface area contributed by atoms with E-state index in [2.05, 4.69) is 28.5 Å². The SMILES string of the molecule is COC(=O)/C=C/c1ccc2c(c1)nc(Nc1ccc(C(F)(F)F)cc1)n2C1CC(C)CC(C)C1. The van der Waals surface area contributed by atoms with Gasteiger partial charge in [-0.25, -0.2) is 9.78 Å². The Hall–Kier alpha value is -3.29. The second kappa shape index (κ2) is 9.52. The maximum absolute atomic E-state index is 13.0. The highest BCUT2D eigenvalue weighted by Gasteiger charge is 2.31. The number of alkyl halides is 3. The van der Waals surface area contributed by atoms with Crippen molar-refractivity contribution in [3.8, 4) is 0 Å². The summed E-state index contributed by atoms with van der Waals surface area (Å²) in [5.41, 5.74) is 2.33. The van der Waals surface area contributed by atoms with Crippen molar-refractivity contribution >= 4 is 34.7 Å². The van der Waals surface area contributed by atoms with Gasteiger partial charge in [0.05, 0.1) is 23.7 Å². The molecule has 1 aliphatic rings. The summed E-state index contributed by atoms with van der Waals surface area (Å²) in [6.45, 7) is 4.50. The normalized spacial score (nSPS) is 21.2. The molecule has 8 heteroatoms. The number of carbonyl (C=O) groups excluding carboxylic acids is 1. The van der Waals surface area contributed by atoms with E-state index in [1.165, 1.54) is 31.7 Å². The number of aromatic nitrogens is 2. The molecule has 1 N–H and O–H groups in total. The molecule has 0 spiro atoms. The molecule has 1 saturated carbocycles. The molecule has 0 aliphatic heterocycles. The van der Waals surface area contributed by atoms with E-state index in [1.807, 2.05) is 18.2 Å². The van der Waals surface area contributed by atoms with Crippen LogP contribution in [0.4, 0.5) is 24.8 Å². The van der Waals surface area contributed by atoms with E-state index >= 15 is 0 Å². The average molecular weight is 472 g/mol. The van der Waals surface area contributed by atoms with Crippen LogP contribution in [0, 0.1) is 11.8 Å². The zero-order valence-corrected chi connectivity index (χ0v) is 19.4. The van der Waals surface area contributed by atoms with Crippen molar-refractivity contribution in [2.75, 3.05) is 12.4 Å². The molecule has 1 aliphatic carbocycles. The lowest BCUT2D eigenvalue weighted by atomic mass is 9.80. The topological polar surface area (TPSA) is 56.1 Å². The zero-order valence-electron chi connectivity index (χ0n) is 19.4. The molecule has 5 nitrogen and oxygen atoms in total. The van der Waals surface area contributed by atoms with Crippen LogP contribution in [0.3, 0.4) is 0 Å². The van der Waals surface area contributed by atoms with Crippen LogP contribution < -0.4 is 5.32 Å². The van der Waals surface area contributed by atoms with Crippen LogP contribution in [-0.4, -0.2) is 22.6 Å². The van der Waals surface area contributed by atoms with E-state index < -0.39 is 17.7 Å². The number of esters is 1. The molecule has 1 aromatic heterocycles. The first-order valence-corrected chi connectivity index (χ1v) is 11.4. The lowest BCUT2D eigenvalue weighted by Crippen LogP contribution is -2.23. The maximum atomic E-state index is 13.0. The van der Waals surface area contributed by atoms with Crippen molar-refractivity contribution in [3.63, 3.8) is 0 Å². The molecule has 2 aromatic carbocycles. The molecule has 1 fully saturated rings. The lowest BCUT2D eigenvalue weighted by molar-refractivity contribution is -0.137. The standard InChI is InChI=1S/C26H28F3N3O2/c1-16-12-17(2)14-21(13-16)32-23-10-4-18(5-11-24(33)34-3)15-22(23)31-25(32)30-20-8-6-19(7-9-20)26(27,28)29/h4-11,15-17,21H,12-14H2,1-3H3,(H,30,31)/b11-5+. The minimum atomic E-state index is -4.38. The van der Waals surface area contributed by atoms with E-state index in [1.54, 1.807) is 6.08 Å². The van der Waals surface area contributed by atoms with Gasteiger partial charge >= 0.3 is 12.1 Å². The van der Waals surface area contributed by atoms with E-state index in [0.29, 0.717) is 23.5 Å². The summed E-state index contributed by atoms with van der Waals surface area (Å²) in [5.74, 6) is 1.27. The maximum Gasteiger partial charge on any atom is 0.416 e. The predicted octanol–water partition coefficient (Wildman–Crippen LogP) is 6.98. The number of benzene rings is 2. The highest BCUT2D eigenvalue weighted by atomic mass is 19.4. The van der Waals surface area contributed by atoms with E-state index in [9.17, 15) is 18.0 Å². The Bertz CT molecular complexity index is 1190. The molecule has 0 amide bonds. The minimum Gasteiger partial charge on any atom is -0.466 e. The molecule has 4 rings (SSSR count). The van der Waals surface area contributed by atoms with Gasteiger partial charge in [-0.1, -0.05) is 19.9 Å². The van der Waals surface area contributed by atoms with Crippen molar-refractivity contribution in [1.29, 1.82) is 0 Å². The van der Waals surface area contributed by atoms with E-state index in [4.69, 9.17) is 4.98 Å². The first kappa shape index (κ1) is 23.9. The van der Waals surface area contributed by atoms with Crippen molar-refractivity contribution in [2.24, 2.45) is 11.8 Å². The quantitative estimate of drug-likeness (QED) is 0.322. The molecule has 1 heterocycles. The molecule has 2 unspecified atom stereocenters. The number of ether oxygens (including phenoxy) is 1. The predicted molar refractivity (Wildman–Crippen MR) is 127 cm³/mol. The number of rotatable bonds is 5. The number of methoxy groups -OCH3 is 1. The van der Waals surface area contributed by atoms with Gasteiger partial charge in [-0.2, -0.15) is 13.2 Å². The molecular formula is C26H28F3N3O2. The van der Waals surface area contributed by atoms with Gasteiger partial charge in [-0.05, 0) is 79.1 Å². The number of carbonyl (C=O) groups is 1. The van der Waals surface area contributed by atoms with Crippen molar-refractivity contribution < 1.29 is 22.7 Å². The highest BCUT2D eigenvalue weighted by molar-refractivity contribution is 5.88. The van der Waals surface area contributed by atoms with Crippen molar-refractivity contribution in [3.05, 3.63) is 59.7 Å². The summed E-state index contributed by atoms with van der Waals surface area (Å²) >= 11 is 0. The number of fused-ring (bicyclic) bond motifs is 1. The number of nitrogens with one attached hydrogen (secondary N) is 1. The fourth-order valence-corrected chi connectivity index (χ4v) is 4.90. The first-order chi connectivity index (χ1) is 16.1. The zero-order chi connectivity index (χ0) is 24.5. The van der Waals surface area contributed by atoms with E-state index in [-0.39, 0.29) is 6.04 Å². The van der Waals surface area contributed by atoms with Crippen LogP contribution in [0.25, 0.3) is 17.1 Å². The van der Waals surface area contributed by atoms with Gasteiger partial charge in [0.1, 0.15) is 0 Å². The minimum absolute atomic E-state index is 0.220. The van der Waals surface area contributed by atoms with Crippen molar-refractivity contribution in [2.45, 2.75) is 45.3 Å². The van der Waals surface area contributed by atoms with Gasteiger partial charge in [-0.15, -0.1) is 0 Å². The molecular weight excluding hydrogens is 443 g/mol. The van der Waals surface area contributed by atoms with Gasteiger partial charge in [-0.3, -0.25) is 0 Å². The average Bonchev–Trinajstić information content (AvgIpc) is 3.13. The number of imidazole rings is 1. The van der Waals surface area contributed by atoms with Crippen molar-refractivity contribution in [1.82, 2.24) is 9.55 Å². The van der Waals surface area contributed by atoms with Crippen LogP contribution in [-0.2, 0) is 15.7 Å². The Labute approximate surface area is 196 Å². The summed E-state index contributed by atoms with van der Waals surface area (Å²) in [6, 6.07) is 11.0. The summed E-state index contributed by atoms with van der Waals surface area (Å²) < 4.78 is 45.7. The lowest BCUT2D eigenvalue weighted by Gasteiger charge is -2.33. The second-order valence-electron chi connectivity index (χ2n) is 9.18. The molecule has 180 valence electrons. The summed E-state index contributed by atoms with van der Waals surface area (Å²) in [4.78, 5) is 16.2. The van der Waals surface area contributed by atoms with Gasteiger partial charge in [0.15, 0.2) is 0 Å². The van der Waals surface area contributed by atoms with Gasteiger partial charge in [0.2, 0.25) is 5.95 Å². The summed E-state index contributed by atoms with van der Waals surface area (Å²) in [5, 5.41) is 3.24. The van der Waals surface area contributed by atoms with Crippen LogP contribution in [0.15, 0.2) is 48.5 Å². The first-order valence-electron chi connectivity index (χ1n) is 11.4. The third-order valence-corrected chi connectivity index (χ3v) is 6.31. The van der Waals surface area contributed by atoms with Gasteiger partial charge < -0.3 is 14.6 Å². The Morgan fingerprint density at radius 2 is 1.76 bits per heavy atom. The number of hydrogen-bond acceptors (Lipinski definition) is 4. The van der Waals surface area contributed by atoms with Crippen LogP contribution in [0.2, 0.25) is 0 Å². The van der Waals surface area contributed by atoms with Crippen LogP contribution in [0.5, 0.6) is 0 Å². The summed E-state index contributed by atoms with van der Waals surface area (Å²) in [6.07, 6.45) is 1.81. The smallest absolute Gasteiger partial charge is 0.416 e. The summed E-state index contributed by atoms with van der Waals surface area (Å²) in [7, 11) is 1.32. The molecule has 2 atom stereocenters. The Balaban J connectivity index is 1.73. The van der Waals surface area contributed by atoms with E-state index in [0.717, 1.165) is 41.6 Å². The third kappa shape index (κ3) is 5.26. The Morgan fingerprint density at radius 1 is 1.09 bits per heavy atom. The number of anilines is 2. The molecule has 0 radical (unpaired) electrons. The Morgan fingerprint density at radius 3 is 2.38 bits per heavy atom. The fraction of sp³-hybridized carbons (Fsp3) is 0.385. The van der Waals surface area contributed by atoms with Crippen LogP contribution in [0.1, 0.15) is 50.3 Å². The second-order valence-corrected chi connectivity index (χ2v) is 9.18. The number of nitrogens with zero attached hydrogens (tertiary/aromatic N) is 2. The monoisotopic (exact) mass is 471 g/mol. The van der Waals surface area contributed by atoms with Gasteiger partial charge in [0, 0.05) is 17.8 Å². The number of hydrogen-bond donors (Lipinski definition) is 1. The Kier molecular flexibility index (Phi) is 6.68. The molecule has 34 heavy (non-hydrogen) atoms. The third-order valence-electron chi connectivity index (χ3n) is 6.31. The largest absolute Gasteiger partial charge is 0.466 e. The molecule has 3 aromatic rings. The molecule has 0 saturated heterocycles. The highest BCUT2D eigenvalue weighted by Crippen LogP contribution is 2.40. The van der Waals surface area contributed by atoms with Gasteiger partial charge in [0.25, 0.3) is 0 Å².